The average molecular weight is 272 g/mol. The van der Waals surface area contributed by atoms with E-state index in [0.717, 1.165) is 19.1 Å². The lowest BCUT2D eigenvalue weighted by molar-refractivity contribution is 0.127. The van der Waals surface area contributed by atoms with Crippen molar-refractivity contribution in [3.63, 3.8) is 0 Å². The van der Waals surface area contributed by atoms with Crippen LogP contribution in [0, 0.1) is 5.41 Å². The van der Waals surface area contributed by atoms with E-state index in [4.69, 9.17) is 0 Å². The molecule has 0 amide bonds. The Hall–Kier alpha value is -0.860. The zero-order valence-electron chi connectivity index (χ0n) is 13.0. The summed E-state index contributed by atoms with van der Waals surface area (Å²) in [7, 11) is 0. The maximum atomic E-state index is 3.60. The zero-order chi connectivity index (χ0) is 14.0. The van der Waals surface area contributed by atoms with Crippen molar-refractivity contribution in [2.75, 3.05) is 13.1 Å². The topological polar surface area (TPSA) is 15.3 Å². The second-order valence-electron chi connectivity index (χ2n) is 7.42. The van der Waals surface area contributed by atoms with E-state index in [2.05, 4.69) is 48.3 Å². The SMILES string of the molecule is CC1(C)CCN(Cc2cccc(CNC3CC3)c2)CC1. The summed E-state index contributed by atoms with van der Waals surface area (Å²) in [4.78, 5) is 2.61. The largest absolute Gasteiger partial charge is 0.310 e. The monoisotopic (exact) mass is 272 g/mol. The Bertz CT molecular complexity index is 438. The Labute approximate surface area is 123 Å². The average Bonchev–Trinajstić information content (AvgIpc) is 3.24. The van der Waals surface area contributed by atoms with Crippen LogP contribution in [0.25, 0.3) is 0 Å². The standard InChI is InChI=1S/C18H28N2/c1-18(2)8-10-20(11-9-18)14-16-5-3-4-15(12-16)13-19-17-6-7-17/h3-5,12,17,19H,6-11,13-14H2,1-2H3. The predicted molar refractivity (Wildman–Crippen MR) is 84.6 cm³/mol. The summed E-state index contributed by atoms with van der Waals surface area (Å²) in [6, 6.07) is 9.92. The Kier molecular flexibility index (Phi) is 4.13. The Morgan fingerprint density at radius 3 is 2.55 bits per heavy atom. The first kappa shape index (κ1) is 14.1. The van der Waals surface area contributed by atoms with Crippen molar-refractivity contribution in [1.82, 2.24) is 10.2 Å². The minimum atomic E-state index is 0.548. The highest BCUT2D eigenvalue weighted by Gasteiger charge is 2.25. The van der Waals surface area contributed by atoms with Gasteiger partial charge in [-0.3, -0.25) is 4.90 Å². The fourth-order valence-corrected chi connectivity index (χ4v) is 2.96. The van der Waals surface area contributed by atoms with E-state index >= 15 is 0 Å². The Morgan fingerprint density at radius 2 is 1.85 bits per heavy atom. The second kappa shape index (κ2) is 5.87. The van der Waals surface area contributed by atoms with Gasteiger partial charge >= 0.3 is 0 Å². The highest BCUT2D eigenvalue weighted by atomic mass is 15.1. The van der Waals surface area contributed by atoms with E-state index in [9.17, 15) is 0 Å². The zero-order valence-corrected chi connectivity index (χ0v) is 13.0. The minimum absolute atomic E-state index is 0.548. The third kappa shape index (κ3) is 4.07. The highest BCUT2D eigenvalue weighted by Crippen LogP contribution is 2.30. The molecule has 1 aromatic rings. The Balaban J connectivity index is 1.52. The van der Waals surface area contributed by atoms with Crippen LogP contribution in [0.1, 0.15) is 50.7 Å². The van der Waals surface area contributed by atoms with Gasteiger partial charge in [0.05, 0.1) is 0 Å². The van der Waals surface area contributed by atoms with Crippen molar-refractivity contribution >= 4 is 0 Å². The van der Waals surface area contributed by atoms with E-state index < -0.39 is 0 Å². The summed E-state index contributed by atoms with van der Waals surface area (Å²) < 4.78 is 0. The molecule has 1 aliphatic carbocycles. The lowest BCUT2D eigenvalue weighted by Gasteiger charge is -2.37. The van der Waals surface area contributed by atoms with E-state index in [0.29, 0.717) is 5.41 Å². The molecule has 110 valence electrons. The Morgan fingerprint density at radius 1 is 1.15 bits per heavy atom. The van der Waals surface area contributed by atoms with Crippen LogP contribution in [0.5, 0.6) is 0 Å². The summed E-state index contributed by atoms with van der Waals surface area (Å²) in [5.74, 6) is 0. The fraction of sp³-hybridized carbons (Fsp3) is 0.667. The summed E-state index contributed by atoms with van der Waals surface area (Å²) in [6.07, 6.45) is 5.39. The van der Waals surface area contributed by atoms with Gasteiger partial charge in [-0.25, -0.2) is 0 Å². The molecule has 1 saturated carbocycles. The molecular formula is C18H28N2. The predicted octanol–water partition coefficient (Wildman–Crippen LogP) is 3.56. The van der Waals surface area contributed by atoms with Crippen molar-refractivity contribution < 1.29 is 0 Å². The molecule has 0 radical (unpaired) electrons. The molecule has 2 fully saturated rings. The number of rotatable bonds is 5. The summed E-state index contributed by atoms with van der Waals surface area (Å²) in [6.45, 7) is 9.44. The smallest absolute Gasteiger partial charge is 0.0233 e. The van der Waals surface area contributed by atoms with E-state index in [1.165, 1.54) is 49.9 Å². The van der Waals surface area contributed by atoms with E-state index in [-0.39, 0.29) is 0 Å². The molecule has 2 nitrogen and oxygen atoms in total. The lowest BCUT2D eigenvalue weighted by Crippen LogP contribution is -2.36. The summed E-state index contributed by atoms with van der Waals surface area (Å²) >= 11 is 0. The molecule has 1 aliphatic heterocycles. The van der Waals surface area contributed by atoms with Crippen LogP contribution in [-0.2, 0) is 13.1 Å². The molecule has 1 aromatic carbocycles. The number of hydrogen-bond acceptors (Lipinski definition) is 2. The number of nitrogens with one attached hydrogen (secondary N) is 1. The molecule has 1 saturated heterocycles. The normalized spacial score (nSPS) is 22.9. The molecule has 0 bridgehead atoms. The van der Waals surface area contributed by atoms with Gasteiger partial charge in [0.2, 0.25) is 0 Å². The van der Waals surface area contributed by atoms with Gasteiger partial charge in [-0.1, -0.05) is 38.1 Å². The van der Waals surface area contributed by atoms with Gasteiger partial charge in [0, 0.05) is 19.1 Å². The van der Waals surface area contributed by atoms with E-state index in [1.54, 1.807) is 0 Å². The molecule has 0 spiro atoms. The molecule has 2 heteroatoms. The third-order valence-corrected chi connectivity index (χ3v) is 4.78. The molecule has 2 aliphatic rings. The number of hydrogen-bond donors (Lipinski definition) is 1. The van der Waals surface area contributed by atoms with Crippen LogP contribution in [-0.4, -0.2) is 24.0 Å². The first-order valence-electron chi connectivity index (χ1n) is 8.14. The van der Waals surface area contributed by atoms with Crippen molar-refractivity contribution in [3.8, 4) is 0 Å². The first-order chi connectivity index (χ1) is 9.61. The van der Waals surface area contributed by atoms with Crippen molar-refractivity contribution in [1.29, 1.82) is 0 Å². The number of piperidine rings is 1. The molecule has 0 atom stereocenters. The maximum absolute atomic E-state index is 3.60. The molecular weight excluding hydrogens is 244 g/mol. The van der Waals surface area contributed by atoms with Crippen LogP contribution in [0.2, 0.25) is 0 Å². The van der Waals surface area contributed by atoms with Crippen molar-refractivity contribution in [3.05, 3.63) is 35.4 Å². The van der Waals surface area contributed by atoms with Crippen molar-refractivity contribution in [2.24, 2.45) is 5.41 Å². The van der Waals surface area contributed by atoms with Gasteiger partial charge in [-0.15, -0.1) is 0 Å². The molecule has 1 N–H and O–H groups in total. The third-order valence-electron chi connectivity index (χ3n) is 4.78. The van der Waals surface area contributed by atoms with Crippen molar-refractivity contribution in [2.45, 2.75) is 58.7 Å². The van der Waals surface area contributed by atoms with Gasteiger partial charge in [-0.2, -0.15) is 0 Å². The van der Waals surface area contributed by atoms with Gasteiger partial charge in [0.1, 0.15) is 0 Å². The van der Waals surface area contributed by atoms with Crippen LogP contribution < -0.4 is 5.32 Å². The minimum Gasteiger partial charge on any atom is -0.310 e. The number of likely N-dealkylation sites (tertiary alicyclic amines) is 1. The molecule has 3 rings (SSSR count). The maximum Gasteiger partial charge on any atom is 0.0233 e. The fourth-order valence-electron chi connectivity index (χ4n) is 2.96. The first-order valence-corrected chi connectivity index (χ1v) is 8.14. The number of benzene rings is 1. The molecule has 20 heavy (non-hydrogen) atoms. The summed E-state index contributed by atoms with van der Waals surface area (Å²) in [5, 5.41) is 3.60. The van der Waals surface area contributed by atoms with Gasteiger partial charge in [0.15, 0.2) is 0 Å². The quantitative estimate of drug-likeness (QED) is 0.881. The number of nitrogens with zero attached hydrogens (tertiary/aromatic N) is 1. The van der Waals surface area contributed by atoms with Crippen LogP contribution >= 0.6 is 0 Å². The van der Waals surface area contributed by atoms with Crippen LogP contribution in [0.4, 0.5) is 0 Å². The lowest BCUT2D eigenvalue weighted by atomic mass is 9.82. The molecule has 0 unspecified atom stereocenters. The van der Waals surface area contributed by atoms with Gasteiger partial charge in [0.25, 0.3) is 0 Å². The van der Waals surface area contributed by atoms with Crippen LogP contribution in [0.15, 0.2) is 24.3 Å². The summed E-state index contributed by atoms with van der Waals surface area (Å²) in [5.41, 5.74) is 3.46. The van der Waals surface area contributed by atoms with Gasteiger partial charge < -0.3 is 5.32 Å². The molecule has 1 heterocycles. The van der Waals surface area contributed by atoms with Gasteiger partial charge in [-0.05, 0) is 55.3 Å². The highest BCUT2D eigenvalue weighted by molar-refractivity contribution is 5.23. The molecule has 0 aromatic heterocycles. The van der Waals surface area contributed by atoms with E-state index in [1.807, 2.05) is 0 Å². The van der Waals surface area contributed by atoms with Crippen LogP contribution in [0.3, 0.4) is 0 Å². The second-order valence-corrected chi connectivity index (χ2v) is 7.42.